The van der Waals surface area contributed by atoms with Crippen molar-refractivity contribution in [2.45, 2.75) is 6.92 Å². The third kappa shape index (κ3) is 5.25. The molecular formula is C15H22ClN3O4S. The predicted octanol–water partition coefficient (Wildman–Crippen LogP) is 1.54. The molecule has 2 rings (SSSR count). The van der Waals surface area contributed by atoms with E-state index in [1.165, 1.54) is 4.31 Å². The van der Waals surface area contributed by atoms with E-state index in [2.05, 4.69) is 10.2 Å². The number of benzene rings is 1. The van der Waals surface area contributed by atoms with Crippen molar-refractivity contribution < 1.29 is 17.9 Å². The van der Waals surface area contributed by atoms with E-state index in [0.29, 0.717) is 31.2 Å². The molecule has 1 amide bonds. The van der Waals surface area contributed by atoms with Crippen molar-refractivity contribution in [2.24, 2.45) is 0 Å². The van der Waals surface area contributed by atoms with Gasteiger partial charge < -0.3 is 15.0 Å². The van der Waals surface area contributed by atoms with Crippen LogP contribution in [0.25, 0.3) is 0 Å². The molecule has 0 saturated carbocycles. The molecular weight excluding hydrogens is 354 g/mol. The molecule has 1 N–H and O–H groups in total. The Morgan fingerprint density at radius 1 is 1.29 bits per heavy atom. The van der Waals surface area contributed by atoms with Gasteiger partial charge in [0.25, 0.3) is 0 Å². The summed E-state index contributed by atoms with van der Waals surface area (Å²) in [5, 5.41) is 3.09. The van der Waals surface area contributed by atoms with Crippen LogP contribution in [0.5, 0.6) is 0 Å². The smallest absolute Gasteiger partial charge is 0.407 e. The second-order valence-electron chi connectivity index (χ2n) is 5.33. The molecule has 0 aromatic heterocycles. The number of sulfonamides is 1. The van der Waals surface area contributed by atoms with Crippen LogP contribution in [0.3, 0.4) is 0 Å². The van der Waals surface area contributed by atoms with Crippen LogP contribution in [0.2, 0.25) is 5.02 Å². The van der Waals surface area contributed by atoms with Crippen molar-refractivity contribution in [3.63, 3.8) is 0 Å². The van der Waals surface area contributed by atoms with Crippen LogP contribution in [0.1, 0.15) is 6.92 Å². The largest absolute Gasteiger partial charge is 0.450 e. The number of nitrogens with zero attached hydrogens (tertiary/aromatic N) is 2. The molecule has 0 aliphatic carbocycles. The molecule has 1 saturated heterocycles. The summed E-state index contributed by atoms with van der Waals surface area (Å²) in [5.74, 6) is -0.136. The molecule has 0 atom stereocenters. The van der Waals surface area contributed by atoms with Gasteiger partial charge in [0, 0.05) is 43.4 Å². The van der Waals surface area contributed by atoms with Gasteiger partial charge in [0.1, 0.15) is 0 Å². The summed E-state index contributed by atoms with van der Waals surface area (Å²) in [4.78, 5) is 13.3. The van der Waals surface area contributed by atoms with E-state index in [1.807, 2.05) is 24.3 Å². The second kappa shape index (κ2) is 8.55. The summed E-state index contributed by atoms with van der Waals surface area (Å²) < 4.78 is 30.8. The molecule has 0 unspecified atom stereocenters. The fraction of sp³-hybridized carbons (Fsp3) is 0.533. The summed E-state index contributed by atoms with van der Waals surface area (Å²) >= 11 is 5.99. The number of ether oxygens (including phenoxy) is 1. The first kappa shape index (κ1) is 18.8. The highest BCUT2D eigenvalue weighted by Gasteiger charge is 2.26. The normalized spacial score (nSPS) is 16.0. The van der Waals surface area contributed by atoms with Crippen molar-refractivity contribution in [3.8, 4) is 0 Å². The number of nitrogens with one attached hydrogen (secondary N) is 1. The zero-order valence-corrected chi connectivity index (χ0v) is 15.1. The lowest BCUT2D eigenvalue weighted by Gasteiger charge is -2.35. The molecule has 24 heavy (non-hydrogen) atoms. The van der Waals surface area contributed by atoms with Gasteiger partial charge in [0.2, 0.25) is 10.0 Å². The van der Waals surface area contributed by atoms with Gasteiger partial charge in [-0.15, -0.1) is 0 Å². The van der Waals surface area contributed by atoms with Crippen molar-refractivity contribution in [3.05, 3.63) is 29.3 Å². The average Bonchev–Trinajstić information content (AvgIpc) is 2.55. The summed E-state index contributed by atoms with van der Waals surface area (Å²) in [6, 6.07) is 7.51. The second-order valence-corrected chi connectivity index (χ2v) is 7.85. The zero-order valence-electron chi connectivity index (χ0n) is 13.6. The number of carbonyl (C=O) groups excluding carboxylic acids is 1. The van der Waals surface area contributed by atoms with Gasteiger partial charge in [-0.3, -0.25) is 0 Å². The number of hydrogen-bond acceptors (Lipinski definition) is 5. The molecule has 1 fully saturated rings. The third-order valence-electron chi connectivity index (χ3n) is 3.71. The number of hydrogen-bond donors (Lipinski definition) is 1. The number of rotatable bonds is 6. The van der Waals surface area contributed by atoms with E-state index in [-0.39, 0.29) is 18.9 Å². The quantitative estimate of drug-likeness (QED) is 0.815. The fourth-order valence-corrected chi connectivity index (χ4v) is 4.01. The first-order valence-electron chi connectivity index (χ1n) is 7.81. The number of alkyl carbamates (subject to hydrolysis) is 1. The van der Waals surface area contributed by atoms with Crippen molar-refractivity contribution in [1.82, 2.24) is 9.62 Å². The van der Waals surface area contributed by atoms with Crippen LogP contribution >= 0.6 is 11.6 Å². The van der Waals surface area contributed by atoms with Gasteiger partial charge in [-0.25, -0.2) is 13.2 Å². The van der Waals surface area contributed by atoms with Crippen LogP contribution in [-0.4, -0.2) is 63.9 Å². The molecule has 7 nitrogen and oxygen atoms in total. The molecule has 1 aromatic carbocycles. The van der Waals surface area contributed by atoms with E-state index >= 15 is 0 Å². The van der Waals surface area contributed by atoms with E-state index in [0.717, 1.165) is 5.69 Å². The molecule has 0 spiro atoms. The van der Waals surface area contributed by atoms with Crippen LogP contribution in [0.15, 0.2) is 24.3 Å². The Morgan fingerprint density at radius 2 is 2.00 bits per heavy atom. The Balaban J connectivity index is 1.83. The molecule has 1 aliphatic heterocycles. The average molecular weight is 376 g/mol. The van der Waals surface area contributed by atoms with Gasteiger partial charge in [-0.1, -0.05) is 17.7 Å². The van der Waals surface area contributed by atoms with Crippen molar-refractivity contribution >= 4 is 33.4 Å². The number of halogens is 1. The predicted molar refractivity (Wildman–Crippen MR) is 94.0 cm³/mol. The zero-order chi connectivity index (χ0) is 17.6. The number of anilines is 1. The van der Waals surface area contributed by atoms with Crippen LogP contribution < -0.4 is 10.2 Å². The summed E-state index contributed by atoms with van der Waals surface area (Å²) in [7, 11) is -3.40. The van der Waals surface area contributed by atoms with Crippen LogP contribution in [0, 0.1) is 0 Å². The standard InChI is InChI=1S/C15H22ClN3O4S/c1-2-23-15(20)17-6-11-24(21,22)19-9-7-18(8-10-19)14-5-3-4-13(16)12-14/h3-5,12H,2,6-11H2,1H3,(H,17,20). The number of carbonyl (C=O) groups is 1. The lowest BCUT2D eigenvalue weighted by molar-refractivity contribution is 0.153. The Kier molecular flexibility index (Phi) is 6.70. The van der Waals surface area contributed by atoms with Gasteiger partial charge in [-0.2, -0.15) is 4.31 Å². The minimum Gasteiger partial charge on any atom is -0.450 e. The monoisotopic (exact) mass is 375 g/mol. The van der Waals surface area contributed by atoms with E-state index in [1.54, 1.807) is 6.92 Å². The first-order valence-corrected chi connectivity index (χ1v) is 9.80. The molecule has 0 bridgehead atoms. The molecule has 9 heteroatoms. The highest BCUT2D eigenvalue weighted by atomic mass is 35.5. The van der Waals surface area contributed by atoms with E-state index in [4.69, 9.17) is 16.3 Å². The molecule has 134 valence electrons. The van der Waals surface area contributed by atoms with Crippen molar-refractivity contribution in [2.75, 3.05) is 50.0 Å². The van der Waals surface area contributed by atoms with Gasteiger partial charge >= 0.3 is 6.09 Å². The molecule has 0 radical (unpaired) electrons. The molecule has 1 aliphatic rings. The Bertz CT molecular complexity index is 660. The fourth-order valence-electron chi connectivity index (χ4n) is 2.49. The van der Waals surface area contributed by atoms with E-state index < -0.39 is 16.1 Å². The Labute approximate surface area is 147 Å². The first-order chi connectivity index (χ1) is 11.4. The topological polar surface area (TPSA) is 78.9 Å². The minimum atomic E-state index is -3.40. The van der Waals surface area contributed by atoms with Crippen molar-refractivity contribution in [1.29, 1.82) is 0 Å². The van der Waals surface area contributed by atoms with Crippen LogP contribution in [0.4, 0.5) is 10.5 Å². The summed E-state index contributed by atoms with van der Waals surface area (Å²) in [5.41, 5.74) is 0.989. The molecule has 1 aromatic rings. The highest BCUT2D eigenvalue weighted by molar-refractivity contribution is 7.89. The lowest BCUT2D eigenvalue weighted by atomic mass is 10.2. The highest BCUT2D eigenvalue weighted by Crippen LogP contribution is 2.21. The maximum atomic E-state index is 12.3. The molecule has 1 heterocycles. The SMILES string of the molecule is CCOC(=O)NCCS(=O)(=O)N1CCN(c2cccc(Cl)c2)CC1. The Hall–Kier alpha value is -1.51. The third-order valence-corrected chi connectivity index (χ3v) is 5.82. The van der Waals surface area contributed by atoms with Gasteiger partial charge in [-0.05, 0) is 25.1 Å². The number of piperazine rings is 1. The summed E-state index contributed by atoms with van der Waals surface area (Å²) in [6.45, 7) is 4.01. The van der Waals surface area contributed by atoms with Crippen LogP contribution in [-0.2, 0) is 14.8 Å². The minimum absolute atomic E-state index is 0.0374. The van der Waals surface area contributed by atoms with Gasteiger partial charge in [0.15, 0.2) is 0 Å². The van der Waals surface area contributed by atoms with Gasteiger partial charge in [0.05, 0.1) is 12.4 Å². The maximum Gasteiger partial charge on any atom is 0.407 e. The maximum absolute atomic E-state index is 12.3. The lowest BCUT2D eigenvalue weighted by Crippen LogP contribution is -2.50. The number of amides is 1. The van der Waals surface area contributed by atoms with E-state index in [9.17, 15) is 13.2 Å². The summed E-state index contributed by atoms with van der Waals surface area (Å²) in [6.07, 6.45) is -0.599. The Morgan fingerprint density at radius 3 is 2.62 bits per heavy atom.